The number of amides is 1. The van der Waals surface area contributed by atoms with E-state index in [1.165, 1.54) is 31.2 Å². The Morgan fingerprint density at radius 3 is 2.90 bits per heavy atom. The number of anilines is 1. The predicted molar refractivity (Wildman–Crippen MR) is 84.0 cm³/mol. The molecule has 0 spiro atoms. The summed E-state index contributed by atoms with van der Waals surface area (Å²) in [4.78, 5) is 19.0. The molecule has 1 amide bonds. The fraction of sp³-hybridized carbons (Fsp3) is 0.647. The first-order valence-corrected chi connectivity index (χ1v) is 8.21. The standard InChI is InChI=1S/C17H25N3O/c1-18-16-12-14(8-9-19-16)15-7-4-10-20(15)17(21)11-13-5-2-3-6-13/h8-9,12-13,15H,2-7,10-11H2,1H3,(H,18,19)/t15-/m1/s1. The lowest BCUT2D eigenvalue weighted by Crippen LogP contribution is -2.31. The van der Waals surface area contributed by atoms with Gasteiger partial charge in [0.2, 0.25) is 5.91 Å². The molecular weight excluding hydrogens is 262 g/mol. The zero-order chi connectivity index (χ0) is 14.7. The van der Waals surface area contributed by atoms with Gasteiger partial charge in [-0.25, -0.2) is 4.98 Å². The summed E-state index contributed by atoms with van der Waals surface area (Å²) < 4.78 is 0. The van der Waals surface area contributed by atoms with Gasteiger partial charge in [0.15, 0.2) is 0 Å². The minimum absolute atomic E-state index is 0.244. The van der Waals surface area contributed by atoms with E-state index in [0.717, 1.165) is 31.6 Å². The lowest BCUT2D eigenvalue weighted by Gasteiger charge is -2.26. The maximum atomic E-state index is 12.6. The van der Waals surface area contributed by atoms with Crippen LogP contribution in [0.15, 0.2) is 18.3 Å². The van der Waals surface area contributed by atoms with Crippen LogP contribution in [0.3, 0.4) is 0 Å². The van der Waals surface area contributed by atoms with Crippen molar-refractivity contribution < 1.29 is 4.79 Å². The summed E-state index contributed by atoms with van der Waals surface area (Å²) in [6.07, 6.45) is 9.85. The van der Waals surface area contributed by atoms with Crippen molar-refractivity contribution in [2.24, 2.45) is 5.92 Å². The van der Waals surface area contributed by atoms with Crippen LogP contribution in [0.2, 0.25) is 0 Å². The SMILES string of the molecule is CNc1cc([C@H]2CCCN2C(=O)CC2CCCC2)ccn1. The Kier molecular flexibility index (Phi) is 4.42. The molecule has 4 nitrogen and oxygen atoms in total. The van der Waals surface area contributed by atoms with Crippen LogP contribution in [-0.4, -0.2) is 29.4 Å². The number of likely N-dealkylation sites (tertiary alicyclic amines) is 1. The minimum atomic E-state index is 0.244. The van der Waals surface area contributed by atoms with Crippen molar-refractivity contribution in [2.45, 2.75) is 51.0 Å². The van der Waals surface area contributed by atoms with E-state index in [4.69, 9.17) is 0 Å². The molecule has 1 saturated carbocycles. The van der Waals surface area contributed by atoms with Crippen molar-refractivity contribution in [2.75, 3.05) is 18.9 Å². The van der Waals surface area contributed by atoms with E-state index < -0.39 is 0 Å². The van der Waals surface area contributed by atoms with Crippen molar-refractivity contribution >= 4 is 11.7 Å². The van der Waals surface area contributed by atoms with Gasteiger partial charge < -0.3 is 10.2 Å². The molecule has 1 saturated heterocycles. The van der Waals surface area contributed by atoms with Gasteiger partial charge in [-0.05, 0) is 49.3 Å². The summed E-state index contributed by atoms with van der Waals surface area (Å²) in [6, 6.07) is 4.37. The zero-order valence-electron chi connectivity index (χ0n) is 12.8. The number of hydrogen-bond acceptors (Lipinski definition) is 3. The van der Waals surface area contributed by atoms with Gasteiger partial charge in [-0.3, -0.25) is 4.79 Å². The molecule has 1 aromatic rings. The molecule has 0 unspecified atom stereocenters. The Bertz CT molecular complexity index is 497. The molecule has 4 heteroatoms. The van der Waals surface area contributed by atoms with Crippen molar-refractivity contribution in [3.05, 3.63) is 23.9 Å². The molecule has 0 bridgehead atoms. The molecule has 21 heavy (non-hydrogen) atoms. The van der Waals surface area contributed by atoms with Gasteiger partial charge in [-0.2, -0.15) is 0 Å². The van der Waals surface area contributed by atoms with Crippen molar-refractivity contribution in [1.82, 2.24) is 9.88 Å². The van der Waals surface area contributed by atoms with Crippen LogP contribution in [0.25, 0.3) is 0 Å². The fourth-order valence-corrected chi connectivity index (χ4v) is 3.78. The number of nitrogens with zero attached hydrogens (tertiary/aromatic N) is 2. The van der Waals surface area contributed by atoms with Crippen molar-refractivity contribution in [3.8, 4) is 0 Å². The molecule has 1 atom stereocenters. The second kappa shape index (κ2) is 6.46. The Balaban J connectivity index is 1.70. The van der Waals surface area contributed by atoms with Gasteiger partial charge in [0.05, 0.1) is 6.04 Å². The first-order valence-electron chi connectivity index (χ1n) is 8.21. The molecule has 114 valence electrons. The van der Waals surface area contributed by atoms with Crippen LogP contribution in [0.1, 0.15) is 56.6 Å². The molecule has 1 aromatic heterocycles. The lowest BCUT2D eigenvalue weighted by molar-refractivity contribution is -0.133. The highest BCUT2D eigenvalue weighted by Crippen LogP contribution is 2.35. The summed E-state index contributed by atoms with van der Waals surface area (Å²) in [6.45, 7) is 0.910. The fourth-order valence-electron chi connectivity index (χ4n) is 3.78. The molecule has 1 aliphatic heterocycles. The average Bonchev–Trinajstić information content (AvgIpc) is 3.18. The Hall–Kier alpha value is -1.58. The highest BCUT2D eigenvalue weighted by molar-refractivity contribution is 5.77. The van der Waals surface area contributed by atoms with Crippen LogP contribution < -0.4 is 5.32 Å². The van der Waals surface area contributed by atoms with E-state index >= 15 is 0 Å². The topological polar surface area (TPSA) is 45.2 Å². The molecule has 1 N–H and O–H groups in total. The summed E-state index contributed by atoms with van der Waals surface area (Å²) in [5.41, 5.74) is 1.21. The maximum absolute atomic E-state index is 12.6. The molecule has 2 aliphatic rings. The van der Waals surface area contributed by atoms with Crippen molar-refractivity contribution in [3.63, 3.8) is 0 Å². The largest absolute Gasteiger partial charge is 0.373 e. The second-order valence-electron chi connectivity index (χ2n) is 6.32. The van der Waals surface area contributed by atoms with Gasteiger partial charge in [0, 0.05) is 26.2 Å². The van der Waals surface area contributed by atoms with Crippen LogP contribution in [-0.2, 0) is 4.79 Å². The van der Waals surface area contributed by atoms with E-state index in [0.29, 0.717) is 11.8 Å². The summed E-state index contributed by atoms with van der Waals surface area (Å²) >= 11 is 0. The minimum Gasteiger partial charge on any atom is -0.373 e. The highest BCUT2D eigenvalue weighted by Gasteiger charge is 2.31. The number of aromatic nitrogens is 1. The van der Waals surface area contributed by atoms with E-state index in [1.807, 2.05) is 19.3 Å². The number of nitrogens with one attached hydrogen (secondary N) is 1. The van der Waals surface area contributed by atoms with E-state index in [1.54, 1.807) is 0 Å². The smallest absolute Gasteiger partial charge is 0.223 e. The summed E-state index contributed by atoms with van der Waals surface area (Å²) in [5, 5.41) is 3.08. The number of carbonyl (C=O) groups excluding carboxylic acids is 1. The molecular formula is C17H25N3O. The van der Waals surface area contributed by atoms with Gasteiger partial charge in [-0.15, -0.1) is 0 Å². The number of carbonyl (C=O) groups is 1. The molecule has 3 rings (SSSR count). The predicted octanol–water partition coefficient (Wildman–Crippen LogP) is 3.37. The molecule has 1 aliphatic carbocycles. The third kappa shape index (κ3) is 3.20. The number of pyridine rings is 1. The van der Waals surface area contributed by atoms with Crippen molar-refractivity contribution in [1.29, 1.82) is 0 Å². The van der Waals surface area contributed by atoms with E-state index in [9.17, 15) is 4.79 Å². The summed E-state index contributed by atoms with van der Waals surface area (Å²) in [7, 11) is 1.88. The lowest BCUT2D eigenvalue weighted by atomic mass is 10.0. The van der Waals surface area contributed by atoms with Gasteiger partial charge in [-0.1, -0.05) is 12.8 Å². The summed E-state index contributed by atoms with van der Waals surface area (Å²) in [5.74, 6) is 1.86. The van der Waals surface area contributed by atoms with Gasteiger partial charge in [0.25, 0.3) is 0 Å². The van der Waals surface area contributed by atoms with Crippen LogP contribution in [0.5, 0.6) is 0 Å². The number of rotatable bonds is 4. The zero-order valence-corrected chi connectivity index (χ0v) is 12.8. The average molecular weight is 287 g/mol. The first kappa shape index (κ1) is 14.4. The molecule has 2 fully saturated rings. The normalized spacial score (nSPS) is 22.7. The van der Waals surface area contributed by atoms with Gasteiger partial charge in [0.1, 0.15) is 5.82 Å². The first-order chi connectivity index (χ1) is 10.3. The Labute approximate surface area is 126 Å². The van der Waals surface area contributed by atoms with Crippen LogP contribution >= 0.6 is 0 Å². The maximum Gasteiger partial charge on any atom is 0.223 e. The second-order valence-corrected chi connectivity index (χ2v) is 6.32. The Morgan fingerprint density at radius 1 is 1.33 bits per heavy atom. The van der Waals surface area contributed by atoms with Gasteiger partial charge >= 0.3 is 0 Å². The van der Waals surface area contributed by atoms with Crippen LogP contribution in [0, 0.1) is 5.92 Å². The quantitative estimate of drug-likeness (QED) is 0.923. The van der Waals surface area contributed by atoms with Crippen LogP contribution in [0.4, 0.5) is 5.82 Å². The molecule has 2 heterocycles. The molecule has 0 radical (unpaired) electrons. The highest BCUT2D eigenvalue weighted by atomic mass is 16.2. The monoisotopic (exact) mass is 287 g/mol. The molecule has 0 aromatic carbocycles. The third-order valence-corrected chi connectivity index (χ3v) is 4.94. The number of hydrogen-bond donors (Lipinski definition) is 1. The van der Waals surface area contributed by atoms with E-state index in [-0.39, 0.29) is 6.04 Å². The van der Waals surface area contributed by atoms with E-state index in [2.05, 4.69) is 21.3 Å². The third-order valence-electron chi connectivity index (χ3n) is 4.94. The Morgan fingerprint density at radius 2 is 2.14 bits per heavy atom.